The van der Waals surface area contributed by atoms with Crippen LogP contribution in [0.5, 0.6) is 0 Å². The first-order valence-corrected chi connectivity index (χ1v) is 3.33. The van der Waals surface area contributed by atoms with Crippen LogP contribution in [0.15, 0.2) is 18.2 Å². The third-order valence-corrected chi connectivity index (χ3v) is 1.36. The van der Waals surface area contributed by atoms with E-state index in [-0.39, 0.29) is 11.3 Å². The Labute approximate surface area is 73.2 Å². The monoisotopic (exact) mass is 180 g/mol. The summed E-state index contributed by atoms with van der Waals surface area (Å²) in [6.45, 7) is 0. The zero-order chi connectivity index (χ0) is 9.84. The van der Waals surface area contributed by atoms with Gasteiger partial charge >= 0.3 is 6.09 Å². The average molecular weight is 180 g/mol. The fourth-order valence-corrected chi connectivity index (χ4v) is 0.830. The van der Waals surface area contributed by atoms with Gasteiger partial charge in [-0.15, -0.1) is 0 Å². The Morgan fingerprint density at radius 2 is 2.31 bits per heavy atom. The van der Waals surface area contributed by atoms with Crippen LogP contribution >= 0.6 is 0 Å². The maximum atomic E-state index is 13.1. The van der Waals surface area contributed by atoms with Gasteiger partial charge in [-0.2, -0.15) is 5.26 Å². The van der Waals surface area contributed by atoms with Gasteiger partial charge in [-0.1, -0.05) is 6.07 Å². The third kappa shape index (κ3) is 1.93. The number of rotatable bonds is 1. The predicted octanol–water partition coefficient (Wildman–Crippen LogP) is 1.79. The lowest BCUT2D eigenvalue weighted by atomic mass is 10.2. The fraction of sp³-hybridized carbons (Fsp3) is 0. The van der Waals surface area contributed by atoms with E-state index in [1.807, 2.05) is 5.32 Å². The summed E-state index contributed by atoms with van der Waals surface area (Å²) in [6, 6.07) is 5.50. The molecular weight excluding hydrogens is 175 g/mol. The Bertz CT molecular complexity index is 384. The summed E-state index contributed by atoms with van der Waals surface area (Å²) < 4.78 is 13.1. The van der Waals surface area contributed by atoms with E-state index >= 15 is 0 Å². The number of hydrogen-bond acceptors (Lipinski definition) is 2. The molecule has 5 heteroatoms. The molecular formula is C8H5FN2O2. The number of anilines is 1. The van der Waals surface area contributed by atoms with Crippen molar-refractivity contribution < 1.29 is 14.3 Å². The van der Waals surface area contributed by atoms with Gasteiger partial charge in [-0.05, 0) is 12.1 Å². The molecule has 66 valence electrons. The molecule has 0 aliphatic carbocycles. The van der Waals surface area contributed by atoms with Crippen molar-refractivity contribution in [2.75, 3.05) is 5.32 Å². The van der Waals surface area contributed by atoms with Crippen molar-refractivity contribution in [3.05, 3.63) is 29.6 Å². The van der Waals surface area contributed by atoms with Gasteiger partial charge in [0.2, 0.25) is 0 Å². The van der Waals surface area contributed by atoms with E-state index in [0.717, 1.165) is 0 Å². The molecule has 1 aromatic carbocycles. The van der Waals surface area contributed by atoms with Crippen molar-refractivity contribution in [3.63, 3.8) is 0 Å². The second kappa shape index (κ2) is 3.54. The van der Waals surface area contributed by atoms with Crippen LogP contribution in [0.2, 0.25) is 0 Å². The van der Waals surface area contributed by atoms with E-state index in [0.29, 0.717) is 0 Å². The van der Waals surface area contributed by atoms with Gasteiger partial charge in [0.05, 0.1) is 11.3 Å². The van der Waals surface area contributed by atoms with E-state index in [2.05, 4.69) is 0 Å². The first kappa shape index (κ1) is 9.00. The zero-order valence-electron chi connectivity index (χ0n) is 6.41. The summed E-state index contributed by atoms with van der Waals surface area (Å²) >= 11 is 0. The Morgan fingerprint density at radius 1 is 1.62 bits per heavy atom. The Morgan fingerprint density at radius 3 is 2.85 bits per heavy atom. The van der Waals surface area contributed by atoms with E-state index in [9.17, 15) is 9.18 Å². The van der Waals surface area contributed by atoms with Gasteiger partial charge in [0.25, 0.3) is 0 Å². The lowest BCUT2D eigenvalue weighted by Gasteiger charge is -2.02. The van der Waals surface area contributed by atoms with E-state index < -0.39 is 11.9 Å². The van der Waals surface area contributed by atoms with Crippen LogP contribution in [0.3, 0.4) is 0 Å². The maximum absolute atomic E-state index is 13.1. The van der Waals surface area contributed by atoms with Gasteiger partial charge in [-0.25, -0.2) is 9.18 Å². The molecule has 0 aliphatic rings. The maximum Gasteiger partial charge on any atom is 0.409 e. The van der Waals surface area contributed by atoms with Crippen molar-refractivity contribution in [2.45, 2.75) is 0 Å². The number of carbonyl (C=O) groups is 1. The highest BCUT2D eigenvalue weighted by atomic mass is 19.1. The van der Waals surface area contributed by atoms with Crippen LogP contribution in [-0.4, -0.2) is 11.2 Å². The van der Waals surface area contributed by atoms with E-state index in [1.165, 1.54) is 18.2 Å². The second-order valence-electron chi connectivity index (χ2n) is 2.21. The summed E-state index contributed by atoms with van der Waals surface area (Å²) in [5.74, 6) is -0.854. The van der Waals surface area contributed by atoms with E-state index in [1.54, 1.807) is 6.07 Å². The highest BCUT2D eigenvalue weighted by Crippen LogP contribution is 2.16. The molecule has 0 unspecified atom stereocenters. The van der Waals surface area contributed by atoms with Crippen LogP contribution in [0.25, 0.3) is 0 Å². The third-order valence-electron chi connectivity index (χ3n) is 1.36. The lowest BCUT2D eigenvalue weighted by Crippen LogP contribution is -2.09. The SMILES string of the molecule is N#Cc1cccc(NC(=O)O)c1F. The number of amides is 1. The van der Waals surface area contributed by atoms with Crippen LogP contribution < -0.4 is 5.32 Å². The molecule has 1 aromatic rings. The molecule has 0 heterocycles. The Hall–Kier alpha value is -2.09. The number of nitrogens with zero attached hydrogens (tertiary/aromatic N) is 1. The molecule has 13 heavy (non-hydrogen) atoms. The summed E-state index contributed by atoms with van der Waals surface area (Å²) in [6.07, 6.45) is -1.37. The molecule has 0 fully saturated rings. The standard InChI is InChI=1S/C8H5FN2O2/c9-7-5(4-10)2-1-3-6(7)11-8(12)13/h1-3,11H,(H,12,13). The van der Waals surface area contributed by atoms with Gasteiger partial charge in [0, 0.05) is 0 Å². The molecule has 0 spiro atoms. The van der Waals surface area contributed by atoms with Crippen molar-refractivity contribution in [1.82, 2.24) is 0 Å². The lowest BCUT2D eigenvalue weighted by molar-refractivity contribution is 0.209. The molecule has 0 bridgehead atoms. The average Bonchev–Trinajstić information content (AvgIpc) is 2.08. The van der Waals surface area contributed by atoms with Gasteiger partial charge in [0.1, 0.15) is 6.07 Å². The molecule has 0 atom stereocenters. The minimum Gasteiger partial charge on any atom is -0.465 e. The van der Waals surface area contributed by atoms with Gasteiger partial charge < -0.3 is 5.11 Å². The molecule has 0 saturated heterocycles. The highest BCUT2D eigenvalue weighted by molar-refractivity contribution is 5.83. The smallest absolute Gasteiger partial charge is 0.409 e. The summed E-state index contributed by atoms with van der Waals surface area (Å²) in [5.41, 5.74) is -0.405. The quantitative estimate of drug-likeness (QED) is 0.691. The zero-order valence-corrected chi connectivity index (χ0v) is 6.41. The predicted molar refractivity (Wildman–Crippen MR) is 42.8 cm³/mol. The van der Waals surface area contributed by atoms with Crippen molar-refractivity contribution in [3.8, 4) is 6.07 Å². The largest absolute Gasteiger partial charge is 0.465 e. The highest BCUT2D eigenvalue weighted by Gasteiger charge is 2.08. The minimum atomic E-state index is -1.37. The number of benzene rings is 1. The van der Waals surface area contributed by atoms with Crippen LogP contribution in [-0.2, 0) is 0 Å². The number of hydrogen-bond donors (Lipinski definition) is 2. The van der Waals surface area contributed by atoms with Gasteiger partial charge in [0.15, 0.2) is 5.82 Å². The van der Waals surface area contributed by atoms with Crippen molar-refractivity contribution in [2.24, 2.45) is 0 Å². The van der Waals surface area contributed by atoms with E-state index in [4.69, 9.17) is 10.4 Å². The number of carboxylic acid groups (broad SMARTS) is 1. The summed E-state index contributed by atoms with van der Waals surface area (Å²) in [5, 5.41) is 18.5. The molecule has 2 N–H and O–H groups in total. The summed E-state index contributed by atoms with van der Waals surface area (Å²) in [7, 11) is 0. The Kier molecular flexibility index (Phi) is 2.45. The van der Waals surface area contributed by atoms with Crippen molar-refractivity contribution in [1.29, 1.82) is 5.26 Å². The molecule has 1 rings (SSSR count). The first-order chi connectivity index (χ1) is 6.15. The minimum absolute atomic E-state index is 0.189. The molecule has 0 aliphatic heterocycles. The Balaban J connectivity index is 3.10. The normalized spacial score (nSPS) is 8.92. The molecule has 0 radical (unpaired) electrons. The molecule has 1 amide bonds. The molecule has 0 saturated carbocycles. The van der Waals surface area contributed by atoms with Crippen LogP contribution in [0, 0.1) is 17.1 Å². The first-order valence-electron chi connectivity index (χ1n) is 3.33. The molecule has 4 nitrogen and oxygen atoms in total. The number of nitrogens with one attached hydrogen (secondary N) is 1. The molecule has 0 aromatic heterocycles. The summed E-state index contributed by atoms with van der Waals surface area (Å²) in [4.78, 5) is 10.2. The number of halogens is 1. The van der Waals surface area contributed by atoms with Crippen molar-refractivity contribution >= 4 is 11.8 Å². The topological polar surface area (TPSA) is 73.1 Å². The fourth-order valence-electron chi connectivity index (χ4n) is 0.830. The van der Waals surface area contributed by atoms with Crippen LogP contribution in [0.4, 0.5) is 14.9 Å². The van der Waals surface area contributed by atoms with Gasteiger partial charge in [-0.3, -0.25) is 5.32 Å². The number of nitriles is 1. The van der Waals surface area contributed by atoms with Crippen LogP contribution in [0.1, 0.15) is 5.56 Å². The second-order valence-corrected chi connectivity index (χ2v) is 2.21.